The molecule has 3 heterocycles. The molecule has 1 aliphatic rings. The van der Waals surface area contributed by atoms with E-state index in [1.165, 1.54) is 12.0 Å². The van der Waals surface area contributed by atoms with Gasteiger partial charge in [-0.3, -0.25) is 14.4 Å². The van der Waals surface area contributed by atoms with Crippen LogP contribution in [0.4, 0.5) is 0 Å². The lowest BCUT2D eigenvalue weighted by atomic mass is 9.93. The van der Waals surface area contributed by atoms with Gasteiger partial charge in [0.1, 0.15) is 35.0 Å². The van der Waals surface area contributed by atoms with Crippen molar-refractivity contribution in [3.8, 4) is 23.0 Å². The highest BCUT2D eigenvalue weighted by Crippen LogP contribution is 2.36. The van der Waals surface area contributed by atoms with Gasteiger partial charge in [-0.1, -0.05) is 0 Å². The van der Waals surface area contributed by atoms with Gasteiger partial charge in [-0.05, 0) is 56.3 Å². The van der Waals surface area contributed by atoms with Crippen LogP contribution in [0.5, 0.6) is 11.5 Å². The highest BCUT2D eigenvalue weighted by molar-refractivity contribution is 6.01. The van der Waals surface area contributed by atoms with Gasteiger partial charge in [0.25, 0.3) is 5.91 Å². The number of furan rings is 1. The number of carbonyl (C=O) groups is 3. The van der Waals surface area contributed by atoms with Crippen LogP contribution in [-0.4, -0.2) is 60.2 Å². The van der Waals surface area contributed by atoms with Crippen molar-refractivity contribution in [1.29, 1.82) is 0 Å². The van der Waals surface area contributed by atoms with Crippen molar-refractivity contribution in [2.75, 3.05) is 27.4 Å². The minimum atomic E-state index is -1.36. The second-order valence-corrected chi connectivity index (χ2v) is 8.50. The average Bonchev–Trinajstić information content (AvgIpc) is 3.55. The van der Waals surface area contributed by atoms with Crippen LogP contribution in [0.25, 0.3) is 11.5 Å². The van der Waals surface area contributed by atoms with Crippen molar-refractivity contribution < 1.29 is 33.0 Å². The number of rotatable bonds is 9. The van der Waals surface area contributed by atoms with E-state index in [9.17, 15) is 14.4 Å². The third-order valence-electron chi connectivity index (χ3n) is 6.28. The van der Waals surface area contributed by atoms with E-state index >= 15 is 0 Å². The third-order valence-corrected chi connectivity index (χ3v) is 6.28. The molecule has 1 aliphatic heterocycles. The third kappa shape index (κ3) is 4.53. The summed E-state index contributed by atoms with van der Waals surface area (Å²) < 4.78 is 23.1. The van der Waals surface area contributed by atoms with Crippen LogP contribution in [0.1, 0.15) is 29.9 Å². The lowest BCUT2D eigenvalue weighted by Crippen LogP contribution is -2.64. The molecule has 1 N–H and O–H groups in total. The second-order valence-electron chi connectivity index (χ2n) is 8.50. The summed E-state index contributed by atoms with van der Waals surface area (Å²) in [5, 5.41) is 2.64. The fourth-order valence-corrected chi connectivity index (χ4v) is 4.39. The number of fused-ring (bicyclic) bond motifs is 1. The summed E-state index contributed by atoms with van der Waals surface area (Å²) in [7, 11) is 3.09. The Kier molecular flexibility index (Phi) is 7.05. The second kappa shape index (κ2) is 10.2. The van der Waals surface area contributed by atoms with Gasteiger partial charge in [0, 0.05) is 5.56 Å². The van der Waals surface area contributed by atoms with Crippen molar-refractivity contribution >= 4 is 17.8 Å². The first kappa shape index (κ1) is 24.9. The number of aromatic nitrogens is 1. The monoisotopic (exact) mass is 495 g/mol. The van der Waals surface area contributed by atoms with E-state index in [2.05, 4.69) is 5.32 Å². The highest BCUT2D eigenvalue weighted by atomic mass is 16.5. The number of ether oxygens (including phenoxy) is 3. The van der Waals surface area contributed by atoms with Gasteiger partial charge in [0.2, 0.25) is 5.91 Å². The van der Waals surface area contributed by atoms with Crippen LogP contribution >= 0.6 is 0 Å². The zero-order valence-electron chi connectivity index (χ0n) is 20.7. The highest BCUT2D eigenvalue weighted by Gasteiger charge is 2.48. The molecule has 0 saturated carbocycles. The topological polar surface area (TPSA) is 112 Å². The van der Waals surface area contributed by atoms with Crippen molar-refractivity contribution in [1.82, 2.24) is 14.8 Å². The Labute approximate surface area is 208 Å². The first-order valence-electron chi connectivity index (χ1n) is 11.5. The number of benzene rings is 1. The SMILES string of the molecule is CCOC(=O)CNC(=O)[C@]1(C)Cn2c(ccc2-c2ccco2)C(=O)N1Cc1cc(OC)ccc1OC. The minimum absolute atomic E-state index is 0.0732. The van der Waals surface area contributed by atoms with Gasteiger partial charge in [0.05, 0.1) is 45.9 Å². The molecule has 0 unspecified atom stereocenters. The molecule has 2 amide bonds. The predicted octanol–water partition coefficient (Wildman–Crippen LogP) is 2.86. The molecule has 1 aromatic carbocycles. The zero-order valence-corrected chi connectivity index (χ0v) is 20.7. The van der Waals surface area contributed by atoms with Gasteiger partial charge in [0.15, 0.2) is 0 Å². The number of esters is 1. The van der Waals surface area contributed by atoms with E-state index in [0.29, 0.717) is 34.2 Å². The van der Waals surface area contributed by atoms with Gasteiger partial charge >= 0.3 is 5.97 Å². The minimum Gasteiger partial charge on any atom is -0.497 e. The Morgan fingerprint density at radius 3 is 2.56 bits per heavy atom. The Morgan fingerprint density at radius 2 is 1.89 bits per heavy atom. The van der Waals surface area contributed by atoms with Crippen molar-refractivity contribution in [2.24, 2.45) is 0 Å². The van der Waals surface area contributed by atoms with Gasteiger partial charge < -0.3 is 33.4 Å². The van der Waals surface area contributed by atoms with Crippen molar-refractivity contribution in [2.45, 2.75) is 32.5 Å². The molecule has 0 aliphatic carbocycles. The molecule has 0 spiro atoms. The molecule has 10 nitrogen and oxygen atoms in total. The molecule has 2 aromatic heterocycles. The summed E-state index contributed by atoms with van der Waals surface area (Å²) >= 11 is 0. The van der Waals surface area contributed by atoms with Gasteiger partial charge in [-0.25, -0.2) is 0 Å². The Balaban J connectivity index is 1.75. The van der Waals surface area contributed by atoms with E-state index in [4.69, 9.17) is 18.6 Å². The maximum Gasteiger partial charge on any atom is 0.325 e. The molecule has 0 bridgehead atoms. The molecule has 4 rings (SSSR count). The lowest BCUT2D eigenvalue weighted by molar-refractivity contribution is -0.145. The quantitative estimate of drug-likeness (QED) is 0.454. The van der Waals surface area contributed by atoms with Crippen LogP contribution in [-0.2, 0) is 27.4 Å². The summed E-state index contributed by atoms with van der Waals surface area (Å²) in [6, 6.07) is 12.3. The molecule has 0 radical (unpaired) electrons. The van der Waals surface area contributed by atoms with Crippen LogP contribution in [0.15, 0.2) is 53.1 Å². The van der Waals surface area contributed by atoms with Crippen LogP contribution in [0.2, 0.25) is 0 Å². The first-order chi connectivity index (χ1) is 17.3. The normalized spacial score (nSPS) is 16.9. The zero-order chi connectivity index (χ0) is 25.9. The summed E-state index contributed by atoms with van der Waals surface area (Å²) in [5.41, 5.74) is 0.400. The summed E-state index contributed by atoms with van der Waals surface area (Å²) in [4.78, 5) is 40.8. The maximum absolute atomic E-state index is 13.8. The van der Waals surface area contributed by atoms with Crippen molar-refractivity contribution in [3.63, 3.8) is 0 Å². The van der Waals surface area contributed by atoms with E-state index in [0.717, 1.165) is 0 Å². The average molecular weight is 496 g/mol. The number of nitrogens with zero attached hydrogens (tertiary/aromatic N) is 2. The molecule has 10 heteroatoms. The van der Waals surface area contributed by atoms with Crippen LogP contribution < -0.4 is 14.8 Å². The van der Waals surface area contributed by atoms with Crippen molar-refractivity contribution in [3.05, 3.63) is 60.0 Å². The fourth-order valence-electron chi connectivity index (χ4n) is 4.39. The van der Waals surface area contributed by atoms with E-state index < -0.39 is 17.4 Å². The number of carbonyl (C=O) groups excluding carboxylic acids is 3. The fraction of sp³-hybridized carbons (Fsp3) is 0.346. The molecular formula is C26H29N3O7. The molecule has 0 saturated heterocycles. The van der Waals surface area contributed by atoms with Crippen LogP contribution in [0.3, 0.4) is 0 Å². The summed E-state index contributed by atoms with van der Waals surface area (Å²) in [6.07, 6.45) is 1.55. The van der Waals surface area contributed by atoms with Gasteiger partial charge in [-0.15, -0.1) is 0 Å². The van der Waals surface area contributed by atoms with E-state index in [1.807, 2.05) is 0 Å². The molecule has 1 atom stereocenters. The molecule has 0 fully saturated rings. The summed E-state index contributed by atoms with van der Waals surface area (Å²) in [5.74, 6) is 0.317. The largest absolute Gasteiger partial charge is 0.497 e. The van der Waals surface area contributed by atoms with Crippen LogP contribution in [0, 0.1) is 0 Å². The van der Waals surface area contributed by atoms with E-state index in [-0.39, 0.29) is 32.1 Å². The molecule has 190 valence electrons. The number of amides is 2. The molecule has 3 aromatic rings. The van der Waals surface area contributed by atoms with E-state index in [1.54, 1.807) is 74.3 Å². The Hall–Kier alpha value is -4.21. The number of methoxy groups -OCH3 is 2. The predicted molar refractivity (Wildman–Crippen MR) is 130 cm³/mol. The summed E-state index contributed by atoms with van der Waals surface area (Å²) in [6.45, 7) is 3.46. The molecule has 36 heavy (non-hydrogen) atoms. The Bertz CT molecular complexity index is 1260. The maximum atomic E-state index is 13.8. The standard InChI is InChI=1S/C26H29N3O7/c1-5-35-23(30)14-27-25(32)26(2)16-28-19(22-7-6-12-36-22)9-10-20(28)24(31)29(26)15-17-13-18(33-3)8-11-21(17)34-4/h6-13H,5,14-16H2,1-4H3,(H,27,32)/t26-/m0/s1. The first-order valence-corrected chi connectivity index (χ1v) is 11.5. The number of nitrogens with one attached hydrogen (secondary N) is 1. The number of hydrogen-bond acceptors (Lipinski definition) is 7. The smallest absolute Gasteiger partial charge is 0.325 e. The lowest BCUT2D eigenvalue weighted by Gasteiger charge is -2.44. The number of hydrogen-bond donors (Lipinski definition) is 1. The Morgan fingerprint density at radius 1 is 1.11 bits per heavy atom. The van der Waals surface area contributed by atoms with Gasteiger partial charge in [-0.2, -0.15) is 0 Å². The molecular weight excluding hydrogens is 466 g/mol.